The van der Waals surface area contributed by atoms with Crippen LogP contribution < -0.4 is 5.32 Å². The zero-order chi connectivity index (χ0) is 13.8. The second-order valence-electron chi connectivity index (χ2n) is 4.18. The molecule has 0 saturated heterocycles. The molecular formula is C14H12N4OS. The minimum atomic E-state index is -0.0632. The molecule has 0 radical (unpaired) electrons. The van der Waals surface area contributed by atoms with Gasteiger partial charge in [0, 0.05) is 24.0 Å². The van der Waals surface area contributed by atoms with Crippen molar-refractivity contribution < 1.29 is 4.79 Å². The summed E-state index contributed by atoms with van der Waals surface area (Å²) in [6, 6.07) is 9.62. The van der Waals surface area contributed by atoms with Gasteiger partial charge in [0.05, 0.1) is 12.1 Å². The van der Waals surface area contributed by atoms with Crippen molar-refractivity contribution in [2.75, 3.05) is 5.32 Å². The van der Waals surface area contributed by atoms with Gasteiger partial charge in [-0.1, -0.05) is 12.1 Å². The maximum absolute atomic E-state index is 11.8. The molecule has 0 unspecified atom stereocenters. The standard InChI is InChI=1S/C14H12N4OS/c19-13(17-14-15-7-9-20-14)10-11-2-4-12(5-3-11)18-8-1-6-16-18/h1-9H,10H2,(H,15,17,19). The number of nitrogens with one attached hydrogen (secondary N) is 1. The summed E-state index contributed by atoms with van der Waals surface area (Å²) in [6.07, 6.45) is 5.61. The van der Waals surface area contributed by atoms with Crippen LogP contribution in [0.15, 0.2) is 54.3 Å². The van der Waals surface area contributed by atoms with E-state index >= 15 is 0 Å². The minimum absolute atomic E-state index is 0.0632. The summed E-state index contributed by atoms with van der Waals surface area (Å²) in [5.74, 6) is -0.0632. The fraction of sp³-hybridized carbons (Fsp3) is 0.0714. The predicted octanol–water partition coefficient (Wildman–Crippen LogP) is 2.51. The van der Waals surface area contributed by atoms with E-state index in [1.807, 2.05) is 41.9 Å². The molecule has 3 rings (SSSR count). The van der Waals surface area contributed by atoms with E-state index in [0.29, 0.717) is 11.6 Å². The van der Waals surface area contributed by atoms with Crippen LogP contribution in [0.3, 0.4) is 0 Å². The minimum Gasteiger partial charge on any atom is -0.302 e. The Balaban J connectivity index is 1.65. The summed E-state index contributed by atoms with van der Waals surface area (Å²) in [6.45, 7) is 0. The Morgan fingerprint density at radius 2 is 2.10 bits per heavy atom. The van der Waals surface area contributed by atoms with Crippen LogP contribution in [0, 0.1) is 0 Å². The Labute approximate surface area is 119 Å². The van der Waals surface area contributed by atoms with Gasteiger partial charge in [-0.2, -0.15) is 5.10 Å². The molecule has 2 heterocycles. The van der Waals surface area contributed by atoms with E-state index in [9.17, 15) is 4.79 Å². The molecule has 6 heteroatoms. The molecule has 0 saturated carbocycles. The Morgan fingerprint density at radius 3 is 2.75 bits per heavy atom. The monoisotopic (exact) mass is 284 g/mol. The first-order valence-electron chi connectivity index (χ1n) is 6.09. The number of carbonyl (C=O) groups excluding carboxylic acids is 1. The van der Waals surface area contributed by atoms with Crippen LogP contribution in [0.2, 0.25) is 0 Å². The summed E-state index contributed by atoms with van der Waals surface area (Å²) < 4.78 is 1.78. The zero-order valence-electron chi connectivity index (χ0n) is 10.6. The highest BCUT2D eigenvalue weighted by Crippen LogP contribution is 2.12. The highest BCUT2D eigenvalue weighted by molar-refractivity contribution is 7.13. The summed E-state index contributed by atoms with van der Waals surface area (Å²) in [5.41, 5.74) is 1.93. The average Bonchev–Trinajstić information content (AvgIpc) is 3.12. The van der Waals surface area contributed by atoms with Gasteiger partial charge in [-0.15, -0.1) is 11.3 Å². The maximum Gasteiger partial charge on any atom is 0.230 e. The molecule has 0 aliphatic carbocycles. The topological polar surface area (TPSA) is 59.8 Å². The van der Waals surface area contributed by atoms with Crippen molar-refractivity contribution in [3.63, 3.8) is 0 Å². The first-order chi connectivity index (χ1) is 9.81. The summed E-state index contributed by atoms with van der Waals surface area (Å²) in [7, 11) is 0. The quantitative estimate of drug-likeness (QED) is 0.800. The van der Waals surface area contributed by atoms with Crippen LogP contribution in [-0.2, 0) is 11.2 Å². The fourth-order valence-corrected chi connectivity index (χ4v) is 2.37. The van der Waals surface area contributed by atoms with Gasteiger partial charge in [-0.05, 0) is 23.8 Å². The molecule has 2 aromatic heterocycles. The SMILES string of the molecule is O=C(Cc1ccc(-n2cccn2)cc1)Nc1nccs1. The Hall–Kier alpha value is -2.47. The Bertz CT molecular complexity index is 675. The van der Waals surface area contributed by atoms with Crippen LogP contribution in [0.5, 0.6) is 0 Å². The van der Waals surface area contributed by atoms with Crippen molar-refractivity contribution in [3.05, 3.63) is 59.9 Å². The van der Waals surface area contributed by atoms with E-state index in [-0.39, 0.29) is 5.91 Å². The lowest BCUT2D eigenvalue weighted by atomic mass is 10.1. The maximum atomic E-state index is 11.8. The third-order valence-electron chi connectivity index (χ3n) is 2.75. The van der Waals surface area contributed by atoms with Crippen molar-refractivity contribution in [2.45, 2.75) is 6.42 Å². The highest BCUT2D eigenvalue weighted by Gasteiger charge is 2.06. The van der Waals surface area contributed by atoms with E-state index in [4.69, 9.17) is 0 Å². The summed E-state index contributed by atoms with van der Waals surface area (Å²) in [5, 5.41) is 9.38. The molecule has 5 nitrogen and oxygen atoms in total. The van der Waals surface area contributed by atoms with Gasteiger partial charge in [0.25, 0.3) is 0 Å². The Kier molecular flexibility index (Phi) is 3.56. The third-order valence-corrected chi connectivity index (χ3v) is 3.44. The number of hydrogen-bond donors (Lipinski definition) is 1. The number of anilines is 1. The number of hydrogen-bond acceptors (Lipinski definition) is 4. The van der Waals surface area contributed by atoms with Gasteiger partial charge in [0.15, 0.2) is 5.13 Å². The van der Waals surface area contributed by atoms with E-state index in [1.165, 1.54) is 11.3 Å². The first-order valence-corrected chi connectivity index (χ1v) is 6.97. The predicted molar refractivity (Wildman–Crippen MR) is 78.0 cm³/mol. The molecule has 0 fully saturated rings. The van der Waals surface area contributed by atoms with Crippen LogP contribution in [0.4, 0.5) is 5.13 Å². The molecule has 0 bridgehead atoms. The van der Waals surface area contributed by atoms with Crippen LogP contribution in [0.25, 0.3) is 5.69 Å². The molecule has 1 N–H and O–H groups in total. The van der Waals surface area contributed by atoms with Crippen LogP contribution in [-0.4, -0.2) is 20.7 Å². The normalized spacial score (nSPS) is 10.4. The second-order valence-corrected chi connectivity index (χ2v) is 5.07. The molecule has 20 heavy (non-hydrogen) atoms. The van der Waals surface area contributed by atoms with Gasteiger partial charge in [-0.25, -0.2) is 9.67 Å². The van der Waals surface area contributed by atoms with Gasteiger partial charge in [-0.3, -0.25) is 4.79 Å². The highest BCUT2D eigenvalue weighted by atomic mass is 32.1. The number of rotatable bonds is 4. The largest absolute Gasteiger partial charge is 0.302 e. The van der Waals surface area contributed by atoms with Gasteiger partial charge in [0.1, 0.15) is 0 Å². The molecule has 1 amide bonds. The van der Waals surface area contributed by atoms with Crippen molar-refractivity contribution in [3.8, 4) is 5.69 Å². The lowest BCUT2D eigenvalue weighted by Gasteiger charge is -2.04. The van der Waals surface area contributed by atoms with E-state index < -0.39 is 0 Å². The van der Waals surface area contributed by atoms with E-state index in [0.717, 1.165) is 11.3 Å². The first kappa shape index (κ1) is 12.6. The average molecular weight is 284 g/mol. The van der Waals surface area contributed by atoms with Gasteiger partial charge in [0.2, 0.25) is 5.91 Å². The number of amides is 1. The molecular weight excluding hydrogens is 272 g/mol. The second kappa shape index (κ2) is 5.66. The van der Waals surface area contributed by atoms with Crippen molar-refractivity contribution in [1.82, 2.24) is 14.8 Å². The van der Waals surface area contributed by atoms with E-state index in [2.05, 4.69) is 15.4 Å². The molecule has 100 valence electrons. The molecule has 1 aromatic carbocycles. The third kappa shape index (κ3) is 2.92. The molecule has 0 spiro atoms. The number of thiazole rings is 1. The summed E-state index contributed by atoms with van der Waals surface area (Å²) >= 11 is 1.41. The fourth-order valence-electron chi connectivity index (χ4n) is 1.82. The van der Waals surface area contributed by atoms with Crippen LogP contribution >= 0.6 is 11.3 Å². The lowest BCUT2D eigenvalue weighted by molar-refractivity contribution is -0.115. The lowest BCUT2D eigenvalue weighted by Crippen LogP contribution is -2.14. The molecule has 3 aromatic rings. The smallest absolute Gasteiger partial charge is 0.230 e. The summed E-state index contributed by atoms with van der Waals surface area (Å²) in [4.78, 5) is 15.9. The van der Waals surface area contributed by atoms with Crippen molar-refractivity contribution >= 4 is 22.4 Å². The molecule has 0 atom stereocenters. The van der Waals surface area contributed by atoms with E-state index in [1.54, 1.807) is 17.1 Å². The number of aromatic nitrogens is 3. The number of nitrogens with zero attached hydrogens (tertiary/aromatic N) is 3. The van der Waals surface area contributed by atoms with Crippen LogP contribution in [0.1, 0.15) is 5.56 Å². The molecule has 0 aliphatic rings. The van der Waals surface area contributed by atoms with Gasteiger partial charge < -0.3 is 5.32 Å². The number of carbonyl (C=O) groups is 1. The van der Waals surface area contributed by atoms with Crippen molar-refractivity contribution in [2.24, 2.45) is 0 Å². The Morgan fingerprint density at radius 1 is 1.25 bits per heavy atom. The molecule has 0 aliphatic heterocycles. The van der Waals surface area contributed by atoms with Gasteiger partial charge >= 0.3 is 0 Å². The zero-order valence-corrected chi connectivity index (χ0v) is 11.4. The number of benzene rings is 1. The van der Waals surface area contributed by atoms with Crippen molar-refractivity contribution in [1.29, 1.82) is 0 Å².